The van der Waals surface area contributed by atoms with Gasteiger partial charge in [-0.25, -0.2) is 4.79 Å². The molecule has 11 nitrogen and oxygen atoms in total. The van der Waals surface area contributed by atoms with Gasteiger partial charge in [0.2, 0.25) is 0 Å². The molecule has 0 aromatic heterocycles. The van der Waals surface area contributed by atoms with Crippen molar-refractivity contribution in [1.29, 1.82) is 0 Å². The summed E-state index contributed by atoms with van der Waals surface area (Å²) >= 11 is 0. The van der Waals surface area contributed by atoms with Gasteiger partial charge in [0.25, 0.3) is 0 Å². The highest BCUT2D eigenvalue weighted by Gasteiger charge is 2.45. The van der Waals surface area contributed by atoms with Crippen LogP contribution in [-0.4, -0.2) is 85.8 Å². The van der Waals surface area contributed by atoms with Crippen LogP contribution in [0.4, 0.5) is 0 Å². The van der Waals surface area contributed by atoms with Gasteiger partial charge in [-0.3, -0.25) is 4.79 Å². The van der Waals surface area contributed by atoms with Gasteiger partial charge in [-0.15, -0.1) is 0 Å². The molecule has 1 aliphatic heterocycles. The third-order valence-electron chi connectivity index (χ3n) is 7.09. The van der Waals surface area contributed by atoms with Gasteiger partial charge in [0, 0.05) is 6.42 Å². The third-order valence-corrected chi connectivity index (χ3v) is 7.09. The molecule has 1 aromatic carbocycles. The topological polar surface area (TPSA) is 183 Å². The van der Waals surface area contributed by atoms with E-state index in [0.717, 1.165) is 24.1 Å². The lowest BCUT2D eigenvalue weighted by Gasteiger charge is -2.41. The van der Waals surface area contributed by atoms with Crippen molar-refractivity contribution in [3.8, 4) is 17.2 Å². The molecule has 37 heavy (non-hydrogen) atoms. The normalized spacial score (nSPS) is 30.5. The number of phenolic OH excluding ortho intramolecular Hbond substituents is 3. The van der Waals surface area contributed by atoms with E-state index >= 15 is 0 Å². The summed E-state index contributed by atoms with van der Waals surface area (Å²) in [6, 6.07) is 1.78. The molecule has 2 aliphatic rings. The maximum absolute atomic E-state index is 12.3. The van der Waals surface area contributed by atoms with E-state index in [9.17, 15) is 40.2 Å². The fourth-order valence-corrected chi connectivity index (χ4v) is 5.04. The van der Waals surface area contributed by atoms with Crippen molar-refractivity contribution in [3.05, 3.63) is 29.3 Å². The van der Waals surface area contributed by atoms with Crippen LogP contribution < -0.4 is 0 Å². The van der Waals surface area contributed by atoms with Crippen molar-refractivity contribution < 1.29 is 54.4 Å². The number of aromatic hydroxyl groups is 3. The number of aliphatic hydroxyl groups is 3. The minimum atomic E-state index is -1.63. The maximum atomic E-state index is 12.3. The smallest absolute Gasteiger partial charge is 0.338 e. The second kappa shape index (κ2) is 11.4. The van der Waals surface area contributed by atoms with Gasteiger partial charge in [-0.2, -0.15) is 0 Å². The molecule has 1 aliphatic carbocycles. The number of carbonyl (C=O) groups excluding carboxylic acids is 2. The van der Waals surface area contributed by atoms with Crippen LogP contribution in [-0.2, 0) is 19.0 Å². The molecule has 6 N–H and O–H groups in total. The molecular weight excluding hydrogens is 488 g/mol. The first kappa shape index (κ1) is 28.9. The number of allylic oxidation sites excluding steroid dienone is 2. The lowest BCUT2D eigenvalue weighted by molar-refractivity contribution is -0.310. The predicted octanol–water partition coefficient (Wildman–Crippen LogP) is 1.51. The van der Waals surface area contributed by atoms with Crippen LogP contribution in [0.2, 0.25) is 0 Å². The van der Waals surface area contributed by atoms with E-state index < -0.39 is 66.6 Å². The van der Waals surface area contributed by atoms with Crippen molar-refractivity contribution in [2.45, 2.75) is 83.8 Å². The van der Waals surface area contributed by atoms with E-state index in [-0.39, 0.29) is 22.7 Å². The number of benzene rings is 1. The first-order valence-corrected chi connectivity index (χ1v) is 12.2. The lowest BCUT2D eigenvalue weighted by atomic mass is 9.66. The molecule has 1 fully saturated rings. The molecule has 1 saturated heterocycles. The van der Waals surface area contributed by atoms with E-state index in [0.29, 0.717) is 12.8 Å². The van der Waals surface area contributed by atoms with Crippen molar-refractivity contribution in [1.82, 2.24) is 0 Å². The number of esters is 1. The van der Waals surface area contributed by atoms with Gasteiger partial charge < -0.3 is 44.8 Å². The van der Waals surface area contributed by atoms with Gasteiger partial charge in [0.15, 0.2) is 29.3 Å². The number of phenols is 3. The first-order valence-electron chi connectivity index (χ1n) is 12.2. The van der Waals surface area contributed by atoms with Gasteiger partial charge >= 0.3 is 5.97 Å². The minimum absolute atomic E-state index is 0.111. The maximum Gasteiger partial charge on any atom is 0.338 e. The van der Waals surface area contributed by atoms with E-state index in [4.69, 9.17) is 14.2 Å². The van der Waals surface area contributed by atoms with Crippen molar-refractivity contribution in [2.75, 3.05) is 6.61 Å². The Labute approximate surface area is 214 Å². The van der Waals surface area contributed by atoms with Crippen molar-refractivity contribution in [2.24, 2.45) is 11.3 Å². The Kier molecular flexibility index (Phi) is 8.86. The SMILES string of the molecule is CC1=CC(=O)CC(C)(C)[C@H]1CC[C@@H](C)O[C@H]1O[C@@H](COC(=O)c2cc(O)c(O)c(O)c2)[C@H](O)[C@@H](O)[C@@H]1O. The Morgan fingerprint density at radius 3 is 2.32 bits per heavy atom. The van der Waals surface area contributed by atoms with Crippen molar-refractivity contribution >= 4 is 11.8 Å². The van der Waals surface area contributed by atoms with E-state index in [2.05, 4.69) is 13.8 Å². The Hall–Kier alpha value is -2.70. The first-order chi connectivity index (χ1) is 17.2. The molecule has 1 aromatic rings. The molecule has 206 valence electrons. The highest BCUT2D eigenvalue weighted by atomic mass is 16.7. The Bertz CT molecular complexity index is 1010. The standard InChI is InChI=1S/C26H36O11/c1-12-7-15(27)10-26(3,4)16(12)6-5-13(2)36-25-23(33)22(32)21(31)19(37-25)11-35-24(34)14-8-17(28)20(30)18(29)9-14/h7-9,13,16,19,21-23,25,28-33H,5-6,10-11H2,1-4H3/t13-,16+,19+,21+,22-,23+,25+/m1/s1. The van der Waals surface area contributed by atoms with Crippen LogP contribution in [0, 0.1) is 11.3 Å². The quantitative estimate of drug-likeness (QED) is 0.214. The molecule has 1 heterocycles. The second-order valence-electron chi connectivity index (χ2n) is 10.6. The minimum Gasteiger partial charge on any atom is -0.504 e. The van der Waals surface area contributed by atoms with E-state index in [1.807, 2.05) is 6.92 Å². The van der Waals surface area contributed by atoms with Gasteiger partial charge in [-0.1, -0.05) is 19.4 Å². The van der Waals surface area contributed by atoms with Crippen molar-refractivity contribution in [3.63, 3.8) is 0 Å². The Morgan fingerprint density at radius 1 is 1.11 bits per heavy atom. The fourth-order valence-electron chi connectivity index (χ4n) is 5.04. The summed E-state index contributed by atoms with van der Waals surface area (Å²) in [5.74, 6) is -2.95. The summed E-state index contributed by atoms with van der Waals surface area (Å²) in [5, 5.41) is 59.6. The van der Waals surface area contributed by atoms with Gasteiger partial charge in [0.1, 0.15) is 31.0 Å². The number of hydrogen-bond acceptors (Lipinski definition) is 11. The largest absolute Gasteiger partial charge is 0.504 e. The zero-order chi connectivity index (χ0) is 27.7. The summed E-state index contributed by atoms with van der Waals surface area (Å²) in [6.45, 7) is 7.29. The van der Waals surface area contributed by atoms with Gasteiger partial charge in [-0.05, 0) is 56.2 Å². The molecule has 7 atom stereocenters. The number of rotatable bonds is 8. The van der Waals surface area contributed by atoms with Crippen LogP contribution in [0.1, 0.15) is 57.3 Å². The van der Waals surface area contributed by atoms with E-state index in [1.54, 1.807) is 13.0 Å². The summed E-state index contributed by atoms with van der Waals surface area (Å²) in [6.07, 6.45) is -4.29. The molecule has 0 bridgehead atoms. The average molecular weight is 525 g/mol. The molecule has 0 saturated carbocycles. The van der Waals surface area contributed by atoms with Crippen LogP contribution in [0.15, 0.2) is 23.8 Å². The monoisotopic (exact) mass is 524 g/mol. The second-order valence-corrected chi connectivity index (χ2v) is 10.6. The average Bonchev–Trinajstić information content (AvgIpc) is 2.80. The highest BCUT2D eigenvalue weighted by Crippen LogP contribution is 2.42. The predicted molar refractivity (Wildman–Crippen MR) is 129 cm³/mol. The summed E-state index contributed by atoms with van der Waals surface area (Å²) < 4.78 is 16.5. The number of hydrogen-bond donors (Lipinski definition) is 6. The molecule has 3 rings (SSSR count). The van der Waals surface area contributed by atoms with E-state index in [1.165, 1.54) is 0 Å². The van der Waals surface area contributed by atoms with Crippen LogP contribution >= 0.6 is 0 Å². The Balaban J connectivity index is 1.59. The number of ether oxygens (including phenoxy) is 3. The van der Waals surface area contributed by atoms with Gasteiger partial charge in [0.05, 0.1) is 11.7 Å². The Morgan fingerprint density at radius 2 is 1.73 bits per heavy atom. The number of carbonyl (C=O) groups is 2. The highest BCUT2D eigenvalue weighted by molar-refractivity contribution is 5.92. The lowest BCUT2D eigenvalue weighted by Crippen LogP contribution is -2.59. The zero-order valence-electron chi connectivity index (χ0n) is 21.3. The molecule has 0 unspecified atom stereocenters. The van der Waals surface area contributed by atoms with Crippen LogP contribution in [0.5, 0.6) is 17.2 Å². The van der Waals surface area contributed by atoms with Crippen LogP contribution in [0.25, 0.3) is 0 Å². The summed E-state index contributed by atoms with van der Waals surface area (Å²) in [4.78, 5) is 24.2. The molecule has 11 heteroatoms. The summed E-state index contributed by atoms with van der Waals surface area (Å²) in [5.41, 5.74) is 0.548. The molecule has 0 spiro atoms. The zero-order valence-corrected chi connectivity index (χ0v) is 21.3. The fraction of sp³-hybridized carbons (Fsp3) is 0.615. The molecular formula is C26H36O11. The molecule has 0 radical (unpaired) electrons. The number of aliphatic hydroxyl groups excluding tert-OH is 3. The van der Waals surface area contributed by atoms with Crippen LogP contribution in [0.3, 0.4) is 0 Å². The number of ketones is 1. The molecule has 0 amide bonds. The third kappa shape index (κ3) is 6.60. The summed E-state index contributed by atoms with van der Waals surface area (Å²) in [7, 11) is 0.